The lowest BCUT2D eigenvalue weighted by Crippen LogP contribution is -2.31. The SMILES string of the molecule is CNC(=O)CNCc1nnc2n1CCCC2. The number of likely N-dealkylation sites (N-methyl/N-ethyl adjacent to an activating group) is 1. The summed E-state index contributed by atoms with van der Waals surface area (Å²) >= 11 is 0. The molecule has 0 unspecified atom stereocenters. The van der Waals surface area contributed by atoms with E-state index in [1.807, 2.05) is 0 Å². The van der Waals surface area contributed by atoms with Gasteiger partial charge < -0.3 is 15.2 Å². The van der Waals surface area contributed by atoms with Crippen molar-refractivity contribution in [3.63, 3.8) is 0 Å². The number of hydrogen-bond acceptors (Lipinski definition) is 4. The van der Waals surface area contributed by atoms with Crippen LogP contribution in [0.5, 0.6) is 0 Å². The Bertz CT molecular complexity index is 373. The van der Waals surface area contributed by atoms with Gasteiger partial charge in [-0.05, 0) is 12.8 Å². The molecule has 6 heteroatoms. The molecular formula is C10H17N5O. The van der Waals surface area contributed by atoms with Gasteiger partial charge in [0.05, 0.1) is 13.1 Å². The summed E-state index contributed by atoms with van der Waals surface area (Å²) in [7, 11) is 1.63. The van der Waals surface area contributed by atoms with E-state index in [2.05, 4.69) is 25.4 Å². The molecule has 1 aliphatic rings. The number of carbonyl (C=O) groups excluding carboxylic acids is 1. The van der Waals surface area contributed by atoms with Crippen molar-refractivity contribution in [1.82, 2.24) is 25.4 Å². The number of fused-ring (bicyclic) bond motifs is 1. The van der Waals surface area contributed by atoms with Gasteiger partial charge in [-0.3, -0.25) is 4.79 Å². The third-order valence-electron chi connectivity index (χ3n) is 2.78. The van der Waals surface area contributed by atoms with Crippen LogP contribution in [-0.2, 0) is 24.3 Å². The first-order valence-electron chi connectivity index (χ1n) is 5.63. The molecule has 16 heavy (non-hydrogen) atoms. The largest absolute Gasteiger partial charge is 0.358 e. The second-order valence-corrected chi connectivity index (χ2v) is 3.92. The van der Waals surface area contributed by atoms with E-state index in [-0.39, 0.29) is 5.91 Å². The zero-order valence-electron chi connectivity index (χ0n) is 9.49. The van der Waals surface area contributed by atoms with Gasteiger partial charge in [0.1, 0.15) is 11.6 Å². The quantitative estimate of drug-likeness (QED) is 0.718. The summed E-state index contributed by atoms with van der Waals surface area (Å²) in [5.41, 5.74) is 0. The lowest BCUT2D eigenvalue weighted by atomic mass is 10.2. The number of hydrogen-bond donors (Lipinski definition) is 2. The fourth-order valence-electron chi connectivity index (χ4n) is 1.88. The summed E-state index contributed by atoms with van der Waals surface area (Å²) in [6.07, 6.45) is 3.40. The molecule has 0 saturated heterocycles. The van der Waals surface area contributed by atoms with Gasteiger partial charge in [-0.1, -0.05) is 0 Å². The van der Waals surface area contributed by atoms with E-state index in [1.165, 1.54) is 12.8 Å². The minimum Gasteiger partial charge on any atom is -0.358 e. The van der Waals surface area contributed by atoms with E-state index in [1.54, 1.807) is 7.05 Å². The van der Waals surface area contributed by atoms with E-state index in [4.69, 9.17) is 0 Å². The van der Waals surface area contributed by atoms with Gasteiger partial charge in [0, 0.05) is 20.0 Å². The van der Waals surface area contributed by atoms with Gasteiger partial charge in [-0.25, -0.2) is 0 Å². The maximum atomic E-state index is 11.0. The third kappa shape index (κ3) is 2.38. The van der Waals surface area contributed by atoms with Gasteiger partial charge in [0.2, 0.25) is 5.91 Å². The summed E-state index contributed by atoms with van der Waals surface area (Å²) in [6.45, 7) is 1.92. The first kappa shape index (κ1) is 11.1. The first-order chi connectivity index (χ1) is 7.81. The topological polar surface area (TPSA) is 71.8 Å². The molecular weight excluding hydrogens is 206 g/mol. The van der Waals surface area contributed by atoms with Crippen molar-refractivity contribution in [3.8, 4) is 0 Å². The molecule has 0 bridgehead atoms. The number of aromatic nitrogens is 3. The van der Waals surface area contributed by atoms with Crippen LogP contribution in [0.25, 0.3) is 0 Å². The van der Waals surface area contributed by atoms with E-state index in [9.17, 15) is 4.79 Å². The van der Waals surface area contributed by atoms with Crippen molar-refractivity contribution >= 4 is 5.91 Å². The van der Waals surface area contributed by atoms with Crippen molar-refractivity contribution in [3.05, 3.63) is 11.6 Å². The number of amides is 1. The summed E-state index contributed by atoms with van der Waals surface area (Å²) in [6, 6.07) is 0. The van der Waals surface area contributed by atoms with Crippen molar-refractivity contribution < 1.29 is 4.79 Å². The number of nitrogens with one attached hydrogen (secondary N) is 2. The number of nitrogens with zero attached hydrogens (tertiary/aromatic N) is 3. The van der Waals surface area contributed by atoms with E-state index in [0.29, 0.717) is 13.1 Å². The van der Waals surface area contributed by atoms with E-state index < -0.39 is 0 Å². The fourth-order valence-corrected chi connectivity index (χ4v) is 1.88. The predicted molar refractivity (Wildman–Crippen MR) is 58.7 cm³/mol. The van der Waals surface area contributed by atoms with Gasteiger partial charge in [-0.15, -0.1) is 10.2 Å². The van der Waals surface area contributed by atoms with Gasteiger partial charge in [0.25, 0.3) is 0 Å². The molecule has 88 valence electrons. The van der Waals surface area contributed by atoms with Crippen molar-refractivity contribution in [2.45, 2.75) is 32.4 Å². The normalized spacial score (nSPS) is 14.6. The zero-order chi connectivity index (χ0) is 11.4. The lowest BCUT2D eigenvalue weighted by Gasteiger charge is -2.14. The highest BCUT2D eigenvalue weighted by Gasteiger charge is 2.15. The smallest absolute Gasteiger partial charge is 0.233 e. The summed E-state index contributed by atoms with van der Waals surface area (Å²) in [4.78, 5) is 11.0. The number of aryl methyl sites for hydroxylation is 1. The monoisotopic (exact) mass is 223 g/mol. The molecule has 0 aliphatic carbocycles. The van der Waals surface area contributed by atoms with Crippen LogP contribution in [0.2, 0.25) is 0 Å². The Morgan fingerprint density at radius 1 is 1.44 bits per heavy atom. The van der Waals surface area contributed by atoms with Crippen LogP contribution in [0.15, 0.2) is 0 Å². The van der Waals surface area contributed by atoms with Crippen LogP contribution in [-0.4, -0.2) is 34.3 Å². The van der Waals surface area contributed by atoms with Crippen LogP contribution in [0, 0.1) is 0 Å². The van der Waals surface area contributed by atoms with Gasteiger partial charge >= 0.3 is 0 Å². The van der Waals surface area contributed by atoms with Crippen LogP contribution in [0.4, 0.5) is 0 Å². The summed E-state index contributed by atoms with van der Waals surface area (Å²) in [5.74, 6) is 1.99. The highest BCUT2D eigenvalue weighted by atomic mass is 16.1. The maximum absolute atomic E-state index is 11.0. The van der Waals surface area contributed by atoms with Crippen LogP contribution < -0.4 is 10.6 Å². The van der Waals surface area contributed by atoms with Gasteiger partial charge in [-0.2, -0.15) is 0 Å². The Hall–Kier alpha value is -1.43. The average molecular weight is 223 g/mol. The first-order valence-corrected chi connectivity index (χ1v) is 5.63. The molecule has 0 atom stereocenters. The van der Waals surface area contributed by atoms with E-state index in [0.717, 1.165) is 24.6 Å². The van der Waals surface area contributed by atoms with Crippen LogP contribution in [0.1, 0.15) is 24.5 Å². The van der Waals surface area contributed by atoms with Crippen molar-refractivity contribution in [1.29, 1.82) is 0 Å². The second-order valence-electron chi connectivity index (χ2n) is 3.92. The molecule has 0 spiro atoms. The Balaban J connectivity index is 1.89. The minimum absolute atomic E-state index is 0.0154. The Kier molecular flexibility index (Phi) is 3.51. The molecule has 0 saturated carbocycles. The molecule has 1 amide bonds. The second kappa shape index (κ2) is 5.07. The molecule has 0 aromatic carbocycles. The molecule has 2 rings (SSSR count). The predicted octanol–water partition coefficient (Wildman–Crippen LogP) is -0.550. The molecule has 0 fully saturated rings. The maximum Gasteiger partial charge on any atom is 0.233 e. The molecule has 2 N–H and O–H groups in total. The van der Waals surface area contributed by atoms with Crippen LogP contribution in [0.3, 0.4) is 0 Å². The molecule has 1 aromatic rings. The highest BCUT2D eigenvalue weighted by molar-refractivity contribution is 5.77. The van der Waals surface area contributed by atoms with Crippen molar-refractivity contribution in [2.24, 2.45) is 0 Å². The molecule has 2 heterocycles. The van der Waals surface area contributed by atoms with Crippen LogP contribution >= 0.6 is 0 Å². The summed E-state index contributed by atoms with van der Waals surface area (Å²) < 4.78 is 2.15. The molecule has 6 nitrogen and oxygen atoms in total. The Morgan fingerprint density at radius 2 is 2.31 bits per heavy atom. The number of rotatable bonds is 4. The molecule has 0 radical (unpaired) electrons. The van der Waals surface area contributed by atoms with Crippen molar-refractivity contribution in [2.75, 3.05) is 13.6 Å². The molecule has 1 aliphatic heterocycles. The average Bonchev–Trinajstić information content (AvgIpc) is 2.73. The lowest BCUT2D eigenvalue weighted by molar-refractivity contribution is -0.119. The molecule has 1 aromatic heterocycles. The standard InChI is InChI=1S/C10H17N5O/c1-11-10(16)7-12-6-9-14-13-8-4-2-3-5-15(8)9/h12H,2-7H2,1H3,(H,11,16). The Morgan fingerprint density at radius 3 is 3.12 bits per heavy atom. The third-order valence-corrected chi connectivity index (χ3v) is 2.78. The highest BCUT2D eigenvalue weighted by Crippen LogP contribution is 2.13. The summed E-state index contributed by atoms with van der Waals surface area (Å²) in [5, 5.41) is 13.9. The fraction of sp³-hybridized carbons (Fsp3) is 0.700. The zero-order valence-corrected chi connectivity index (χ0v) is 9.49. The van der Waals surface area contributed by atoms with Gasteiger partial charge in [0.15, 0.2) is 0 Å². The van der Waals surface area contributed by atoms with E-state index >= 15 is 0 Å². The Labute approximate surface area is 94.4 Å². The number of carbonyl (C=O) groups is 1. The minimum atomic E-state index is -0.0154.